The van der Waals surface area contributed by atoms with E-state index in [1.165, 1.54) is 12.1 Å². The van der Waals surface area contributed by atoms with Gasteiger partial charge in [0.15, 0.2) is 0 Å². The molecule has 1 aromatic carbocycles. The molecule has 1 N–H and O–H groups in total. The lowest BCUT2D eigenvalue weighted by Gasteiger charge is -2.23. The number of carbonyl (C=O) groups excluding carboxylic acids is 1. The summed E-state index contributed by atoms with van der Waals surface area (Å²) in [5.74, 6) is -0.266. The molecule has 0 radical (unpaired) electrons. The number of carbonyl (C=O) groups is 1. The molecule has 0 fully saturated rings. The summed E-state index contributed by atoms with van der Waals surface area (Å²) in [4.78, 5) is 14.2. The first kappa shape index (κ1) is 16.2. The summed E-state index contributed by atoms with van der Waals surface area (Å²) in [7, 11) is 5.34. The number of hydrogen-bond acceptors (Lipinski definition) is 3. The van der Waals surface area contributed by atoms with Crippen LogP contribution >= 0.6 is 0 Å². The second-order valence-corrected chi connectivity index (χ2v) is 5.31. The molecule has 6 heteroatoms. The number of amides is 1. The first-order valence-corrected chi connectivity index (χ1v) is 7.16. The molecular formula is C16H21FN4O. The van der Waals surface area contributed by atoms with Gasteiger partial charge in [-0.15, -0.1) is 0 Å². The molecule has 0 bridgehead atoms. The minimum atomic E-state index is -0.410. The Kier molecular flexibility index (Phi) is 5.27. The third kappa shape index (κ3) is 3.92. The molecule has 2 rings (SSSR count). The number of benzene rings is 1. The molecule has 5 nitrogen and oxygen atoms in total. The monoisotopic (exact) mass is 304 g/mol. The summed E-state index contributed by atoms with van der Waals surface area (Å²) in [6.45, 7) is 0.572. The summed E-state index contributed by atoms with van der Waals surface area (Å²) >= 11 is 0. The van der Waals surface area contributed by atoms with Crippen molar-refractivity contribution in [2.24, 2.45) is 7.05 Å². The minimum Gasteiger partial charge on any atom is -0.344 e. The van der Waals surface area contributed by atoms with E-state index >= 15 is 0 Å². The standard InChI is InChI=1S/C16H21FN4O/c1-18-15(13-10-19-21(3)11-13)16(22)20(2)9-8-12-4-6-14(17)7-5-12/h4-7,10-11,15,18H,8-9H2,1-3H3. The molecule has 1 heterocycles. The lowest BCUT2D eigenvalue weighted by atomic mass is 10.1. The van der Waals surface area contributed by atoms with Crippen molar-refractivity contribution < 1.29 is 9.18 Å². The van der Waals surface area contributed by atoms with Crippen LogP contribution in [0.4, 0.5) is 4.39 Å². The Balaban J connectivity index is 1.96. The van der Waals surface area contributed by atoms with Gasteiger partial charge in [0, 0.05) is 32.4 Å². The highest BCUT2D eigenvalue weighted by Gasteiger charge is 2.23. The normalized spacial score (nSPS) is 12.2. The van der Waals surface area contributed by atoms with Crippen molar-refractivity contribution >= 4 is 5.91 Å². The van der Waals surface area contributed by atoms with Gasteiger partial charge in [0.2, 0.25) is 5.91 Å². The van der Waals surface area contributed by atoms with Gasteiger partial charge in [-0.2, -0.15) is 5.10 Å². The molecule has 0 aliphatic carbocycles. The SMILES string of the molecule is CNC(C(=O)N(C)CCc1ccc(F)cc1)c1cnn(C)c1. The Morgan fingerprint density at radius 1 is 1.41 bits per heavy atom. The van der Waals surface area contributed by atoms with E-state index < -0.39 is 6.04 Å². The molecule has 0 aliphatic rings. The predicted octanol–water partition coefficient (Wildman–Crippen LogP) is 1.52. The lowest BCUT2D eigenvalue weighted by molar-refractivity contribution is -0.132. The second-order valence-electron chi connectivity index (χ2n) is 5.31. The van der Waals surface area contributed by atoms with Crippen LogP contribution in [-0.2, 0) is 18.3 Å². The molecule has 1 amide bonds. The van der Waals surface area contributed by atoms with Crippen LogP contribution in [0.2, 0.25) is 0 Å². The number of likely N-dealkylation sites (N-methyl/N-ethyl adjacent to an activating group) is 2. The Labute approximate surface area is 129 Å². The van der Waals surface area contributed by atoms with Gasteiger partial charge >= 0.3 is 0 Å². The summed E-state index contributed by atoms with van der Waals surface area (Å²) in [5, 5.41) is 7.12. The average molecular weight is 304 g/mol. The van der Waals surface area contributed by atoms with Gasteiger partial charge in [-0.25, -0.2) is 4.39 Å². The lowest BCUT2D eigenvalue weighted by Crippen LogP contribution is -2.38. The molecule has 0 spiro atoms. The second kappa shape index (κ2) is 7.17. The van der Waals surface area contributed by atoms with Gasteiger partial charge in [-0.1, -0.05) is 12.1 Å². The zero-order valence-corrected chi connectivity index (χ0v) is 13.1. The van der Waals surface area contributed by atoms with E-state index in [4.69, 9.17) is 0 Å². The number of aromatic nitrogens is 2. The molecular weight excluding hydrogens is 283 g/mol. The quantitative estimate of drug-likeness (QED) is 0.880. The number of nitrogens with zero attached hydrogens (tertiary/aromatic N) is 3. The van der Waals surface area contributed by atoms with E-state index in [0.29, 0.717) is 13.0 Å². The van der Waals surface area contributed by atoms with Crippen molar-refractivity contribution in [1.82, 2.24) is 20.0 Å². The van der Waals surface area contributed by atoms with E-state index in [2.05, 4.69) is 10.4 Å². The van der Waals surface area contributed by atoms with Crippen LogP contribution in [0, 0.1) is 5.82 Å². The van der Waals surface area contributed by atoms with E-state index in [-0.39, 0.29) is 11.7 Å². The van der Waals surface area contributed by atoms with Crippen molar-refractivity contribution in [2.45, 2.75) is 12.5 Å². The van der Waals surface area contributed by atoms with E-state index in [1.807, 2.05) is 13.2 Å². The Bertz CT molecular complexity index is 623. The predicted molar refractivity (Wildman–Crippen MR) is 82.7 cm³/mol. The van der Waals surface area contributed by atoms with Crippen LogP contribution in [-0.4, -0.2) is 41.2 Å². The highest BCUT2D eigenvalue weighted by molar-refractivity contribution is 5.82. The maximum absolute atomic E-state index is 12.9. The van der Waals surface area contributed by atoms with Crippen molar-refractivity contribution in [3.05, 3.63) is 53.6 Å². The van der Waals surface area contributed by atoms with Crippen LogP contribution in [0.15, 0.2) is 36.7 Å². The number of rotatable bonds is 6. The minimum absolute atomic E-state index is 0.0161. The smallest absolute Gasteiger partial charge is 0.244 e. The highest BCUT2D eigenvalue weighted by atomic mass is 19.1. The summed E-state index contributed by atoms with van der Waals surface area (Å²) in [6, 6.07) is 5.94. The van der Waals surface area contributed by atoms with Gasteiger partial charge in [0.25, 0.3) is 0 Å². The van der Waals surface area contributed by atoms with Gasteiger partial charge in [0.1, 0.15) is 11.9 Å². The zero-order chi connectivity index (χ0) is 16.1. The number of aryl methyl sites for hydroxylation is 1. The number of nitrogens with one attached hydrogen (secondary N) is 1. The molecule has 1 atom stereocenters. The van der Waals surface area contributed by atoms with Crippen LogP contribution in [0.1, 0.15) is 17.2 Å². The molecule has 118 valence electrons. The van der Waals surface area contributed by atoms with Crippen LogP contribution in [0.25, 0.3) is 0 Å². The fraction of sp³-hybridized carbons (Fsp3) is 0.375. The van der Waals surface area contributed by atoms with Crippen molar-refractivity contribution in [1.29, 1.82) is 0 Å². The van der Waals surface area contributed by atoms with Gasteiger partial charge in [-0.3, -0.25) is 9.48 Å². The van der Waals surface area contributed by atoms with E-state index in [0.717, 1.165) is 11.1 Å². The van der Waals surface area contributed by atoms with Gasteiger partial charge < -0.3 is 10.2 Å². The summed E-state index contributed by atoms with van der Waals surface area (Å²) < 4.78 is 14.5. The Hall–Kier alpha value is -2.21. The highest BCUT2D eigenvalue weighted by Crippen LogP contribution is 2.14. The molecule has 0 saturated heterocycles. The topological polar surface area (TPSA) is 50.2 Å². The van der Waals surface area contributed by atoms with Crippen molar-refractivity contribution in [3.63, 3.8) is 0 Å². The molecule has 2 aromatic rings. The molecule has 0 aliphatic heterocycles. The van der Waals surface area contributed by atoms with Crippen LogP contribution < -0.4 is 5.32 Å². The third-order valence-electron chi connectivity index (χ3n) is 3.62. The maximum Gasteiger partial charge on any atom is 0.244 e. The summed E-state index contributed by atoms with van der Waals surface area (Å²) in [6.07, 6.45) is 4.20. The first-order chi connectivity index (χ1) is 10.5. The number of hydrogen-bond donors (Lipinski definition) is 1. The Morgan fingerprint density at radius 3 is 2.64 bits per heavy atom. The fourth-order valence-corrected chi connectivity index (χ4v) is 2.30. The molecule has 0 saturated carbocycles. The van der Waals surface area contributed by atoms with E-state index in [1.54, 1.807) is 42.0 Å². The number of halogens is 1. The molecule has 1 unspecified atom stereocenters. The molecule has 22 heavy (non-hydrogen) atoms. The average Bonchev–Trinajstić information content (AvgIpc) is 2.93. The largest absolute Gasteiger partial charge is 0.344 e. The van der Waals surface area contributed by atoms with Crippen LogP contribution in [0.3, 0.4) is 0 Å². The van der Waals surface area contributed by atoms with Gasteiger partial charge in [-0.05, 0) is 31.2 Å². The van der Waals surface area contributed by atoms with E-state index in [9.17, 15) is 9.18 Å². The van der Waals surface area contributed by atoms with Crippen LogP contribution in [0.5, 0.6) is 0 Å². The molecule has 1 aromatic heterocycles. The third-order valence-corrected chi connectivity index (χ3v) is 3.62. The maximum atomic E-state index is 12.9. The summed E-state index contributed by atoms with van der Waals surface area (Å²) in [5.41, 5.74) is 1.84. The zero-order valence-electron chi connectivity index (χ0n) is 13.1. The Morgan fingerprint density at radius 2 is 2.09 bits per heavy atom. The van der Waals surface area contributed by atoms with Crippen molar-refractivity contribution in [3.8, 4) is 0 Å². The first-order valence-electron chi connectivity index (χ1n) is 7.16. The van der Waals surface area contributed by atoms with Crippen molar-refractivity contribution in [2.75, 3.05) is 20.6 Å². The fourth-order valence-electron chi connectivity index (χ4n) is 2.30. The van der Waals surface area contributed by atoms with Gasteiger partial charge in [0.05, 0.1) is 6.20 Å².